The second-order valence-electron chi connectivity index (χ2n) is 5.47. The predicted octanol–water partition coefficient (Wildman–Crippen LogP) is 2.64. The molecule has 0 bridgehead atoms. The molecule has 0 radical (unpaired) electrons. The van der Waals surface area contributed by atoms with E-state index in [4.69, 9.17) is 0 Å². The normalized spacial score (nSPS) is 20.8. The minimum absolute atomic E-state index is 0.411. The summed E-state index contributed by atoms with van der Waals surface area (Å²) in [7, 11) is 2.09. The van der Waals surface area contributed by atoms with Gasteiger partial charge in [-0.3, -0.25) is 4.90 Å². The molecule has 2 heteroatoms. The summed E-state index contributed by atoms with van der Waals surface area (Å²) in [4.78, 5) is 2.68. The van der Waals surface area contributed by atoms with E-state index < -0.39 is 0 Å². The number of unbranched alkanes of at least 4 members (excludes halogenated alkanes) is 1. The highest BCUT2D eigenvalue weighted by atomic mass is 15.2. The van der Waals surface area contributed by atoms with Crippen molar-refractivity contribution >= 4 is 0 Å². The van der Waals surface area contributed by atoms with Crippen molar-refractivity contribution in [1.29, 1.82) is 0 Å². The molecule has 2 nitrogen and oxygen atoms in total. The zero-order chi connectivity index (χ0) is 11.3. The van der Waals surface area contributed by atoms with Crippen molar-refractivity contribution in [2.75, 3.05) is 20.1 Å². The topological polar surface area (TPSA) is 15.3 Å². The van der Waals surface area contributed by atoms with Crippen LogP contribution in [0.1, 0.15) is 52.9 Å². The Morgan fingerprint density at radius 3 is 2.33 bits per heavy atom. The van der Waals surface area contributed by atoms with Gasteiger partial charge in [-0.15, -0.1) is 0 Å². The molecule has 1 saturated heterocycles. The van der Waals surface area contributed by atoms with E-state index in [0.717, 1.165) is 6.04 Å². The summed E-state index contributed by atoms with van der Waals surface area (Å²) in [5, 5.41) is 3.39. The monoisotopic (exact) mass is 212 g/mol. The number of rotatable bonds is 5. The molecule has 0 spiro atoms. The van der Waals surface area contributed by atoms with Crippen molar-refractivity contribution in [3.63, 3.8) is 0 Å². The second kappa shape index (κ2) is 5.86. The van der Waals surface area contributed by atoms with Crippen LogP contribution in [0, 0.1) is 0 Å². The summed E-state index contributed by atoms with van der Waals surface area (Å²) < 4.78 is 0. The lowest BCUT2D eigenvalue weighted by atomic mass is 9.91. The average Bonchev–Trinajstić information content (AvgIpc) is 2.26. The Bertz CT molecular complexity index is 169. The van der Waals surface area contributed by atoms with Crippen LogP contribution in [0.5, 0.6) is 0 Å². The van der Waals surface area contributed by atoms with Gasteiger partial charge in [-0.1, -0.05) is 19.8 Å². The SMILES string of the molecule is CCCCC(C)(C)N1CCC(NC)CC1. The maximum atomic E-state index is 3.39. The largest absolute Gasteiger partial charge is 0.317 e. The third kappa shape index (κ3) is 3.76. The lowest BCUT2D eigenvalue weighted by Gasteiger charge is -2.43. The Labute approximate surface area is 95.4 Å². The van der Waals surface area contributed by atoms with Gasteiger partial charge in [0.25, 0.3) is 0 Å². The number of hydrogen-bond donors (Lipinski definition) is 1. The minimum Gasteiger partial charge on any atom is -0.317 e. The molecule has 1 rings (SSSR count). The van der Waals surface area contributed by atoms with E-state index in [1.165, 1.54) is 45.2 Å². The van der Waals surface area contributed by atoms with Gasteiger partial charge in [0, 0.05) is 24.7 Å². The highest BCUT2D eigenvalue weighted by Gasteiger charge is 2.29. The molecule has 0 atom stereocenters. The summed E-state index contributed by atoms with van der Waals surface area (Å²) in [5.41, 5.74) is 0.411. The van der Waals surface area contributed by atoms with Crippen molar-refractivity contribution < 1.29 is 0 Å². The van der Waals surface area contributed by atoms with Gasteiger partial charge in [0.05, 0.1) is 0 Å². The molecule has 0 aromatic carbocycles. The molecule has 0 saturated carbocycles. The van der Waals surface area contributed by atoms with Crippen LogP contribution in [0.25, 0.3) is 0 Å². The first-order valence-corrected chi connectivity index (χ1v) is 6.52. The maximum Gasteiger partial charge on any atom is 0.0153 e. The molecule has 90 valence electrons. The van der Waals surface area contributed by atoms with Gasteiger partial charge in [-0.25, -0.2) is 0 Å². The molecule has 1 aliphatic heterocycles. The number of nitrogens with zero attached hydrogens (tertiary/aromatic N) is 1. The van der Waals surface area contributed by atoms with E-state index in [2.05, 4.69) is 38.0 Å². The number of hydrogen-bond acceptors (Lipinski definition) is 2. The molecular weight excluding hydrogens is 184 g/mol. The fourth-order valence-corrected chi connectivity index (χ4v) is 2.54. The van der Waals surface area contributed by atoms with Gasteiger partial charge in [0.1, 0.15) is 0 Å². The molecule has 15 heavy (non-hydrogen) atoms. The maximum absolute atomic E-state index is 3.39. The van der Waals surface area contributed by atoms with Crippen LogP contribution < -0.4 is 5.32 Å². The van der Waals surface area contributed by atoms with Crippen LogP contribution in [0.2, 0.25) is 0 Å². The fraction of sp³-hybridized carbons (Fsp3) is 1.00. The van der Waals surface area contributed by atoms with E-state index in [9.17, 15) is 0 Å². The molecule has 0 aromatic heterocycles. The molecule has 1 fully saturated rings. The number of nitrogens with one attached hydrogen (secondary N) is 1. The molecule has 1 heterocycles. The van der Waals surface area contributed by atoms with Crippen LogP contribution in [0.4, 0.5) is 0 Å². The van der Waals surface area contributed by atoms with E-state index >= 15 is 0 Å². The molecule has 0 aliphatic carbocycles. The fourth-order valence-electron chi connectivity index (χ4n) is 2.54. The van der Waals surface area contributed by atoms with E-state index in [1.807, 2.05) is 0 Å². The van der Waals surface area contributed by atoms with Crippen molar-refractivity contribution in [2.45, 2.75) is 64.5 Å². The Hall–Kier alpha value is -0.0800. The minimum atomic E-state index is 0.411. The van der Waals surface area contributed by atoms with Gasteiger partial charge >= 0.3 is 0 Å². The van der Waals surface area contributed by atoms with Crippen LogP contribution in [0.15, 0.2) is 0 Å². The number of piperidine rings is 1. The molecule has 1 aliphatic rings. The van der Waals surface area contributed by atoms with Gasteiger partial charge in [-0.2, -0.15) is 0 Å². The summed E-state index contributed by atoms with van der Waals surface area (Å²) in [5.74, 6) is 0. The lowest BCUT2D eigenvalue weighted by Crippen LogP contribution is -2.50. The van der Waals surface area contributed by atoms with E-state index in [0.29, 0.717) is 5.54 Å². The van der Waals surface area contributed by atoms with Gasteiger partial charge in [0.15, 0.2) is 0 Å². The second-order valence-corrected chi connectivity index (χ2v) is 5.47. The van der Waals surface area contributed by atoms with Crippen LogP contribution in [-0.4, -0.2) is 36.6 Å². The zero-order valence-electron chi connectivity index (χ0n) is 11.0. The van der Waals surface area contributed by atoms with Crippen molar-refractivity contribution in [3.05, 3.63) is 0 Å². The third-order valence-corrected chi connectivity index (χ3v) is 3.90. The summed E-state index contributed by atoms with van der Waals surface area (Å²) in [6.45, 7) is 9.62. The first-order valence-electron chi connectivity index (χ1n) is 6.52. The van der Waals surface area contributed by atoms with Crippen molar-refractivity contribution in [3.8, 4) is 0 Å². The average molecular weight is 212 g/mol. The Kier molecular flexibility index (Phi) is 5.07. The number of likely N-dealkylation sites (tertiary alicyclic amines) is 1. The highest BCUT2D eigenvalue weighted by molar-refractivity contribution is 4.86. The molecule has 1 N–H and O–H groups in total. The Balaban J connectivity index is 2.37. The summed E-state index contributed by atoms with van der Waals surface area (Å²) >= 11 is 0. The quantitative estimate of drug-likeness (QED) is 0.753. The summed E-state index contributed by atoms with van der Waals surface area (Å²) in [6.07, 6.45) is 6.64. The van der Waals surface area contributed by atoms with Crippen LogP contribution in [0.3, 0.4) is 0 Å². The lowest BCUT2D eigenvalue weighted by molar-refractivity contribution is 0.0756. The first kappa shape index (κ1) is 13.0. The highest BCUT2D eigenvalue weighted by Crippen LogP contribution is 2.25. The zero-order valence-corrected chi connectivity index (χ0v) is 11.0. The standard InChI is InChI=1S/C13H28N2/c1-5-6-9-13(2,3)15-10-7-12(14-4)8-11-15/h12,14H,5-11H2,1-4H3. The van der Waals surface area contributed by atoms with E-state index in [1.54, 1.807) is 0 Å². The van der Waals surface area contributed by atoms with Gasteiger partial charge in [0.2, 0.25) is 0 Å². The van der Waals surface area contributed by atoms with Crippen molar-refractivity contribution in [1.82, 2.24) is 10.2 Å². The summed E-state index contributed by atoms with van der Waals surface area (Å²) in [6, 6.07) is 0.753. The van der Waals surface area contributed by atoms with Crippen LogP contribution in [-0.2, 0) is 0 Å². The molecule has 0 unspecified atom stereocenters. The van der Waals surface area contributed by atoms with E-state index in [-0.39, 0.29) is 0 Å². The molecule has 0 aromatic rings. The Morgan fingerprint density at radius 2 is 1.87 bits per heavy atom. The predicted molar refractivity (Wildman–Crippen MR) is 67.3 cm³/mol. The Morgan fingerprint density at radius 1 is 1.27 bits per heavy atom. The smallest absolute Gasteiger partial charge is 0.0153 e. The van der Waals surface area contributed by atoms with Gasteiger partial charge in [-0.05, 0) is 40.2 Å². The third-order valence-electron chi connectivity index (χ3n) is 3.90. The van der Waals surface area contributed by atoms with Gasteiger partial charge < -0.3 is 5.32 Å². The van der Waals surface area contributed by atoms with Crippen molar-refractivity contribution in [2.24, 2.45) is 0 Å². The molecule has 0 amide bonds. The first-order chi connectivity index (χ1) is 7.10. The molecular formula is C13H28N2. The van der Waals surface area contributed by atoms with Crippen LogP contribution >= 0.6 is 0 Å².